The Morgan fingerprint density at radius 3 is 2.79 bits per heavy atom. The lowest BCUT2D eigenvalue weighted by molar-refractivity contribution is -0.116. The van der Waals surface area contributed by atoms with Gasteiger partial charge in [-0.1, -0.05) is 30.3 Å². The molecule has 29 heavy (non-hydrogen) atoms. The molecule has 3 aromatic rings. The SMILES string of the molecule is CC(=O)Nc1cnc2[nH]cc(/C=C3/N=C(NCc4ccccc4)NC3=O)c2c1.Cl. The summed E-state index contributed by atoms with van der Waals surface area (Å²) in [6, 6.07) is 11.7. The average molecular weight is 411 g/mol. The second-order valence-corrected chi connectivity index (χ2v) is 6.33. The van der Waals surface area contributed by atoms with Gasteiger partial charge in [0.05, 0.1) is 11.9 Å². The Hall–Kier alpha value is -3.65. The van der Waals surface area contributed by atoms with Gasteiger partial charge in [-0.3, -0.25) is 14.9 Å². The molecule has 3 heterocycles. The van der Waals surface area contributed by atoms with Crippen molar-refractivity contribution in [1.29, 1.82) is 0 Å². The van der Waals surface area contributed by atoms with Crippen LogP contribution in [0, 0.1) is 0 Å². The molecule has 9 heteroatoms. The molecule has 8 nitrogen and oxygen atoms in total. The summed E-state index contributed by atoms with van der Waals surface area (Å²) < 4.78 is 0. The highest BCUT2D eigenvalue weighted by Crippen LogP contribution is 2.23. The van der Waals surface area contributed by atoms with Crippen molar-refractivity contribution in [3.63, 3.8) is 0 Å². The predicted molar refractivity (Wildman–Crippen MR) is 114 cm³/mol. The molecule has 2 amide bonds. The number of halogens is 1. The Labute approximate surface area is 172 Å². The monoisotopic (exact) mass is 410 g/mol. The zero-order valence-electron chi connectivity index (χ0n) is 15.5. The fraction of sp³-hybridized carbons (Fsp3) is 0.100. The lowest BCUT2D eigenvalue weighted by Crippen LogP contribution is -2.35. The van der Waals surface area contributed by atoms with Crippen molar-refractivity contribution in [2.24, 2.45) is 4.99 Å². The number of carbonyl (C=O) groups excluding carboxylic acids is 2. The van der Waals surface area contributed by atoms with E-state index in [4.69, 9.17) is 0 Å². The number of aliphatic imine (C=N–C) groups is 1. The molecule has 0 radical (unpaired) electrons. The molecule has 148 valence electrons. The summed E-state index contributed by atoms with van der Waals surface area (Å²) in [5.74, 6) is -0.0432. The van der Waals surface area contributed by atoms with E-state index in [9.17, 15) is 9.59 Å². The first-order valence-electron chi connectivity index (χ1n) is 8.73. The fourth-order valence-electron chi connectivity index (χ4n) is 2.90. The highest BCUT2D eigenvalue weighted by molar-refractivity contribution is 6.14. The Morgan fingerprint density at radius 2 is 2.03 bits per heavy atom. The molecule has 0 unspecified atom stereocenters. The predicted octanol–water partition coefficient (Wildman–Crippen LogP) is 2.56. The van der Waals surface area contributed by atoms with Gasteiger partial charge < -0.3 is 15.6 Å². The third-order valence-corrected chi connectivity index (χ3v) is 4.18. The number of hydrogen-bond donors (Lipinski definition) is 4. The zero-order chi connectivity index (χ0) is 19.5. The van der Waals surface area contributed by atoms with E-state index in [-0.39, 0.29) is 24.2 Å². The van der Waals surface area contributed by atoms with Crippen molar-refractivity contribution < 1.29 is 9.59 Å². The minimum absolute atomic E-state index is 0. The molecule has 0 aliphatic carbocycles. The molecule has 0 saturated heterocycles. The quantitative estimate of drug-likeness (QED) is 0.495. The number of guanidine groups is 1. The van der Waals surface area contributed by atoms with Crippen LogP contribution in [-0.4, -0.2) is 27.7 Å². The van der Waals surface area contributed by atoms with E-state index in [0.29, 0.717) is 29.5 Å². The lowest BCUT2D eigenvalue weighted by Gasteiger charge is -2.04. The fourth-order valence-corrected chi connectivity index (χ4v) is 2.90. The number of fused-ring (bicyclic) bond motifs is 1. The summed E-state index contributed by atoms with van der Waals surface area (Å²) in [5, 5.41) is 9.32. The van der Waals surface area contributed by atoms with Crippen molar-refractivity contribution in [3.05, 3.63) is 65.6 Å². The van der Waals surface area contributed by atoms with Crippen LogP contribution in [0.3, 0.4) is 0 Å². The molecule has 1 aromatic carbocycles. The van der Waals surface area contributed by atoms with E-state index in [2.05, 4.69) is 30.9 Å². The van der Waals surface area contributed by atoms with Crippen molar-refractivity contribution in [2.75, 3.05) is 5.32 Å². The minimum Gasteiger partial charge on any atom is -0.352 e. The molecule has 1 aliphatic rings. The van der Waals surface area contributed by atoms with Gasteiger partial charge in [-0.05, 0) is 17.7 Å². The molecule has 0 bridgehead atoms. The maximum absolute atomic E-state index is 12.3. The number of aromatic amines is 1. The van der Waals surface area contributed by atoms with Crippen molar-refractivity contribution in [3.8, 4) is 0 Å². The van der Waals surface area contributed by atoms with Gasteiger partial charge in [0.2, 0.25) is 11.9 Å². The van der Waals surface area contributed by atoms with Crippen molar-refractivity contribution in [1.82, 2.24) is 20.6 Å². The molecule has 0 fully saturated rings. The average Bonchev–Trinajstić information content (AvgIpc) is 3.24. The molecule has 1 aliphatic heterocycles. The highest BCUT2D eigenvalue weighted by Gasteiger charge is 2.20. The van der Waals surface area contributed by atoms with Crippen LogP contribution in [0.4, 0.5) is 5.69 Å². The van der Waals surface area contributed by atoms with Crippen LogP contribution >= 0.6 is 12.4 Å². The number of hydrogen-bond acceptors (Lipinski definition) is 5. The standard InChI is InChI=1S/C20H18N6O2.ClH/c1-12(27)24-15-8-16-14(10-21-18(16)22-11-15)7-17-19(28)26-20(25-17)23-9-13-5-3-2-4-6-13;/h2-8,10-11H,9H2,1H3,(H,21,22)(H,24,27)(H2,23,25,26,28);1H/b17-7+;. The van der Waals surface area contributed by atoms with Crippen LogP contribution in [-0.2, 0) is 16.1 Å². The van der Waals surface area contributed by atoms with Crippen LogP contribution in [0.15, 0.2) is 59.5 Å². The summed E-state index contributed by atoms with van der Waals surface area (Å²) in [7, 11) is 0. The number of pyridine rings is 1. The number of benzene rings is 1. The van der Waals surface area contributed by atoms with Crippen LogP contribution in [0.1, 0.15) is 18.1 Å². The van der Waals surface area contributed by atoms with E-state index in [1.54, 1.807) is 24.5 Å². The van der Waals surface area contributed by atoms with Crippen LogP contribution in [0.25, 0.3) is 17.1 Å². The number of anilines is 1. The number of amides is 2. The number of H-pyrrole nitrogens is 1. The van der Waals surface area contributed by atoms with Gasteiger partial charge in [0, 0.05) is 30.6 Å². The minimum atomic E-state index is -0.282. The van der Waals surface area contributed by atoms with Crippen LogP contribution in [0.2, 0.25) is 0 Å². The molecule has 4 rings (SSSR count). The second kappa shape index (κ2) is 8.57. The summed E-state index contributed by atoms with van der Waals surface area (Å²) in [5.41, 5.74) is 3.38. The zero-order valence-corrected chi connectivity index (χ0v) is 16.3. The van der Waals surface area contributed by atoms with E-state index < -0.39 is 0 Å². The number of rotatable bonds is 4. The Kier molecular flexibility index (Phi) is 5.94. The van der Waals surface area contributed by atoms with Gasteiger partial charge in [0.25, 0.3) is 5.91 Å². The first kappa shape index (κ1) is 20.1. The molecule has 4 N–H and O–H groups in total. The maximum atomic E-state index is 12.3. The molecular formula is C20H19ClN6O2. The number of aromatic nitrogens is 2. The van der Waals surface area contributed by atoms with Crippen LogP contribution < -0.4 is 16.0 Å². The number of carbonyl (C=O) groups is 2. The first-order valence-corrected chi connectivity index (χ1v) is 8.73. The molecule has 0 saturated carbocycles. The molecule has 2 aromatic heterocycles. The Morgan fingerprint density at radius 1 is 1.24 bits per heavy atom. The lowest BCUT2D eigenvalue weighted by atomic mass is 10.2. The van der Waals surface area contributed by atoms with Crippen molar-refractivity contribution >= 4 is 53.0 Å². The Bertz CT molecular complexity index is 1120. The van der Waals surface area contributed by atoms with Gasteiger partial charge in [-0.25, -0.2) is 9.98 Å². The Balaban J connectivity index is 0.00000240. The summed E-state index contributed by atoms with van der Waals surface area (Å²) in [6.45, 7) is 2.00. The van der Waals surface area contributed by atoms with Crippen molar-refractivity contribution in [2.45, 2.75) is 13.5 Å². The summed E-state index contributed by atoms with van der Waals surface area (Å²) in [6.07, 6.45) is 5.01. The molecule has 0 spiro atoms. The number of nitrogens with zero attached hydrogens (tertiary/aromatic N) is 2. The summed E-state index contributed by atoms with van der Waals surface area (Å²) >= 11 is 0. The molecule has 0 atom stereocenters. The van der Waals surface area contributed by atoms with Gasteiger partial charge in [0.1, 0.15) is 11.3 Å². The summed E-state index contributed by atoms with van der Waals surface area (Å²) in [4.78, 5) is 35.2. The van der Waals surface area contributed by atoms with Gasteiger partial charge in [-0.15, -0.1) is 12.4 Å². The van der Waals surface area contributed by atoms with Gasteiger partial charge in [0.15, 0.2) is 0 Å². The maximum Gasteiger partial charge on any atom is 0.276 e. The second-order valence-electron chi connectivity index (χ2n) is 6.33. The van der Waals surface area contributed by atoms with E-state index in [1.807, 2.05) is 30.3 Å². The van der Waals surface area contributed by atoms with E-state index in [0.717, 1.165) is 16.5 Å². The first-order chi connectivity index (χ1) is 13.6. The van der Waals surface area contributed by atoms with E-state index in [1.165, 1.54) is 6.92 Å². The van der Waals surface area contributed by atoms with Crippen LogP contribution in [0.5, 0.6) is 0 Å². The highest BCUT2D eigenvalue weighted by atomic mass is 35.5. The third kappa shape index (κ3) is 4.61. The molecular weight excluding hydrogens is 392 g/mol. The smallest absolute Gasteiger partial charge is 0.276 e. The van der Waals surface area contributed by atoms with Gasteiger partial charge >= 0.3 is 0 Å². The van der Waals surface area contributed by atoms with E-state index >= 15 is 0 Å². The number of nitrogens with one attached hydrogen (secondary N) is 4. The normalized spacial score (nSPS) is 14.3. The largest absolute Gasteiger partial charge is 0.352 e. The van der Waals surface area contributed by atoms with Gasteiger partial charge in [-0.2, -0.15) is 0 Å². The topological polar surface area (TPSA) is 111 Å². The third-order valence-electron chi connectivity index (χ3n) is 4.18.